The van der Waals surface area contributed by atoms with Crippen LogP contribution in [0.3, 0.4) is 0 Å². The summed E-state index contributed by atoms with van der Waals surface area (Å²) in [6.45, 7) is 5.65. The molecule has 1 aromatic heterocycles. The number of ether oxygens (including phenoxy) is 1. The Kier molecular flexibility index (Phi) is 6.00. The smallest absolute Gasteiger partial charge is 0.246 e. The third-order valence-corrected chi connectivity index (χ3v) is 4.23. The Labute approximate surface area is 148 Å². The second-order valence-corrected chi connectivity index (χ2v) is 6.24. The molecule has 1 saturated heterocycles. The first-order valence-corrected chi connectivity index (χ1v) is 8.61. The summed E-state index contributed by atoms with van der Waals surface area (Å²) < 4.78 is 11.0. The van der Waals surface area contributed by atoms with Crippen LogP contribution in [0.1, 0.15) is 23.7 Å². The summed E-state index contributed by atoms with van der Waals surface area (Å²) in [5, 5.41) is 7.07. The van der Waals surface area contributed by atoms with Gasteiger partial charge in [0.05, 0.1) is 19.8 Å². The van der Waals surface area contributed by atoms with Gasteiger partial charge in [0.2, 0.25) is 5.89 Å². The van der Waals surface area contributed by atoms with Crippen molar-refractivity contribution >= 4 is 5.96 Å². The molecule has 1 fully saturated rings. The number of hydrogen-bond donors (Lipinski definition) is 1. The Balaban J connectivity index is 1.41. The van der Waals surface area contributed by atoms with Crippen LogP contribution in [0.2, 0.25) is 0 Å². The van der Waals surface area contributed by atoms with Crippen LogP contribution >= 0.6 is 0 Å². The topological polar surface area (TPSA) is 75.8 Å². The first-order valence-electron chi connectivity index (χ1n) is 8.61. The van der Waals surface area contributed by atoms with Gasteiger partial charge in [-0.25, -0.2) is 0 Å². The van der Waals surface area contributed by atoms with Crippen LogP contribution in [0.15, 0.2) is 39.8 Å². The molecule has 3 rings (SSSR count). The normalized spacial score (nSPS) is 17.9. The molecule has 7 nitrogen and oxygen atoms in total. The summed E-state index contributed by atoms with van der Waals surface area (Å²) in [6, 6.07) is 10.3. The molecule has 0 saturated carbocycles. The van der Waals surface area contributed by atoms with Crippen LogP contribution in [0, 0.1) is 12.8 Å². The van der Waals surface area contributed by atoms with Gasteiger partial charge in [-0.15, -0.1) is 0 Å². The Hall–Kier alpha value is -2.41. The number of hydrogen-bond acceptors (Lipinski definition) is 5. The number of guanidine groups is 1. The van der Waals surface area contributed by atoms with E-state index in [0.717, 1.165) is 32.1 Å². The SMILES string of the molecule is CN=C(NCc1nc(C)no1)N1CCC(COCc2ccccc2)C1. The highest BCUT2D eigenvalue weighted by Crippen LogP contribution is 2.17. The monoisotopic (exact) mass is 343 g/mol. The summed E-state index contributed by atoms with van der Waals surface area (Å²) in [4.78, 5) is 10.8. The second kappa shape index (κ2) is 8.62. The van der Waals surface area contributed by atoms with Crippen LogP contribution in [-0.4, -0.2) is 47.7 Å². The minimum Gasteiger partial charge on any atom is -0.376 e. The van der Waals surface area contributed by atoms with Crippen molar-refractivity contribution in [3.63, 3.8) is 0 Å². The fourth-order valence-electron chi connectivity index (χ4n) is 2.98. The molecule has 2 aromatic rings. The lowest BCUT2D eigenvalue weighted by molar-refractivity contribution is 0.0906. The highest BCUT2D eigenvalue weighted by molar-refractivity contribution is 5.80. The van der Waals surface area contributed by atoms with E-state index in [9.17, 15) is 0 Å². The summed E-state index contributed by atoms with van der Waals surface area (Å²) in [7, 11) is 1.79. The maximum atomic E-state index is 5.88. The molecular formula is C18H25N5O2. The Morgan fingerprint density at radius 3 is 2.96 bits per heavy atom. The number of nitrogens with one attached hydrogen (secondary N) is 1. The van der Waals surface area contributed by atoms with E-state index in [2.05, 4.69) is 37.5 Å². The van der Waals surface area contributed by atoms with Gasteiger partial charge in [-0.05, 0) is 18.9 Å². The quantitative estimate of drug-likeness (QED) is 0.639. The molecule has 0 amide bonds. The first kappa shape index (κ1) is 17.4. The van der Waals surface area contributed by atoms with Gasteiger partial charge in [-0.3, -0.25) is 4.99 Å². The molecule has 1 aliphatic heterocycles. The van der Waals surface area contributed by atoms with E-state index in [4.69, 9.17) is 9.26 Å². The maximum Gasteiger partial charge on any atom is 0.246 e. The molecule has 134 valence electrons. The minimum absolute atomic E-state index is 0.485. The highest BCUT2D eigenvalue weighted by Gasteiger charge is 2.25. The van der Waals surface area contributed by atoms with Crippen LogP contribution < -0.4 is 5.32 Å². The molecule has 0 spiro atoms. The van der Waals surface area contributed by atoms with E-state index in [-0.39, 0.29) is 0 Å². The molecule has 1 aromatic carbocycles. The number of aliphatic imine (C=N–C) groups is 1. The van der Waals surface area contributed by atoms with Gasteiger partial charge in [-0.1, -0.05) is 35.5 Å². The van der Waals surface area contributed by atoms with E-state index in [1.807, 2.05) is 25.1 Å². The van der Waals surface area contributed by atoms with Gasteiger partial charge in [0.1, 0.15) is 0 Å². The lowest BCUT2D eigenvalue weighted by Gasteiger charge is -2.21. The molecule has 1 aliphatic rings. The Morgan fingerprint density at radius 2 is 2.24 bits per heavy atom. The number of benzene rings is 1. The molecule has 1 N–H and O–H groups in total. The molecule has 1 atom stereocenters. The van der Waals surface area contributed by atoms with Crippen LogP contribution in [-0.2, 0) is 17.9 Å². The average Bonchev–Trinajstić information content (AvgIpc) is 3.26. The summed E-state index contributed by atoms with van der Waals surface area (Å²) in [6.07, 6.45) is 1.11. The van der Waals surface area contributed by atoms with E-state index < -0.39 is 0 Å². The predicted octanol–water partition coefficient (Wildman–Crippen LogP) is 1.99. The summed E-state index contributed by atoms with van der Waals surface area (Å²) in [5.41, 5.74) is 1.21. The zero-order valence-electron chi connectivity index (χ0n) is 14.8. The molecule has 1 unspecified atom stereocenters. The maximum absolute atomic E-state index is 5.88. The van der Waals surface area contributed by atoms with Crippen molar-refractivity contribution in [2.45, 2.75) is 26.5 Å². The highest BCUT2D eigenvalue weighted by atomic mass is 16.5. The zero-order valence-corrected chi connectivity index (χ0v) is 14.8. The summed E-state index contributed by atoms with van der Waals surface area (Å²) >= 11 is 0. The van der Waals surface area contributed by atoms with Crippen molar-refractivity contribution in [3.05, 3.63) is 47.6 Å². The summed E-state index contributed by atoms with van der Waals surface area (Å²) in [5.74, 6) is 2.60. The number of aryl methyl sites for hydroxylation is 1. The zero-order chi connectivity index (χ0) is 17.5. The van der Waals surface area contributed by atoms with Crippen molar-refractivity contribution in [1.29, 1.82) is 0 Å². The first-order chi connectivity index (χ1) is 12.2. The standard InChI is InChI=1S/C18H25N5O2/c1-14-21-17(25-22-14)10-20-18(19-2)23-9-8-16(11-23)13-24-12-15-6-4-3-5-7-15/h3-7,16H,8-13H2,1-2H3,(H,19,20). The number of nitrogens with zero attached hydrogens (tertiary/aromatic N) is 4. The number of likely N-dealkylation sites (tertiary alicyclic amines) is 1. The fraction of sp³-hybridized carbons (Fsp3) is 0.500. The number of rotatable bonds is 6. The third kappa shape index (κ3) is 5.03. The van der Waals surface area contributed by atoms with Crippen LogP contribution in [0.5, 0.6) is 0 Å². The van der Waals surface area contributed by atoms with E-state index in [1.54, 1.807) is 7.05 Å². The van der Waals surface area contributed by atoms with Crippen molar-refractivity contribution in [2.24, 2.45) is 10.9 Å². The van der Waals surface area contributed by atoms with Crippen molar-refractivity contribution < 1.29 is 9.26 Å². The van der Waals surface area contributed by atoms with Crippen LogP contribution in [0.25, 0.3) is 0 Å². The molecule has 7 heteroatoms. The molecule has 2 heterocycles. The fourth-order valence-corrected chi connectivity index (χ4v) is 2.98. The van der Waals surface area contributed by atoms with Crippen LogP contribution in [0.4, 0.5) is 0 Å². The molecule has 0 radical (unpaired) electrons. The van der Waals surface area contributed by atoms with Gasteiger partial charge < -0.3 is 19.5 Å². The minimum atomic E-state index is 0.485. The molecular weight excluding hydrogens is 318 g/mol. The number of aromatic nitrogens is 2. The largest absolute Gasteiger partial charge is 0.376 e. The predicted molar refractivity (Wildman–Crippen MR) is 95.0 cm³/mol. The lowest BCUT2D eigenvalue weighted by atomic mass is 10.1. The van der Waals surface area contributed by atoms with Gasteiger partial charge in [0.25, 0.3) is 0 Å². The molecule has 25 heavy (non-hydrogen) atoms. The second-order valence-electron chi connectivity index (χ2n) is 6.24. The van der Waals surface area contributed by atoms with Crippen molar-refractivity contribution in [1.82, 2.24) is 20.4 Å². The lowest BCUT2D eigenvalue weighted by Crippen LogP contribution is -2.39. The Morgan fingerprint density at radius 1 is 1.40 bits per heavy atom. The molecule has 0 bridgehead atoms. The Bertz CT molecular complexity index is 686. The van der Waals surface area contributed by atoms with Gasteiger partial charge >= 0.3 is 0 Å². The third-order valence-electron chi connectivity index (χ3n) is 4.23. The molecule has 0 aliphatic carbocycles. The van der Waals surface area contributed by atoms with Gasteiger partial charge in [0, 0.05) is 26.1 Å². The average molecular weight is 343 g/mol. The van der Waals surface area contributed by atoms with E-state index >= 15 is 0 Å². The van der Waals surface area contributed by atoms with Gasteiger partial charge in [0.15, 0.2) is 11.8 Å². The van der Waals surface area contributed by atoms with E-state index in [0.29, 0.717) is 30.8 Å². The van der Waals surface area contributed by atoms with Gasteiger partial charge in [-0.2, -0.15) is 4.98 Å². The van der Waals surface area contributed by atoms with E-state index in [1.165, 1.54) is 5.56 Å². The van der Waals surface area contributed by atoms with Crippen molar-refractivity contribution in [3.8, 4) is 0 Å². The van der Waals surface area contributed by atoms with Crippen molar-refractivity contribution in [2.75, 3.05) is 26.7 Å².